The fourth-order valence-electron chi connectivity index (χ4n) is 3.95. The van der Waals surface area contributed by atoms with E-state index < -0.39 is 0 Å². The number of para-hydroxylation sites is 1. The Balaban J connectivity index is 1.62. The van der Waals surface area contributed by atoms with E-state index in [2.05, 4.69) is 0 Å². The number of carbonyl (C=O) groups is 1. The van der Waals surface area contributed by atoms with Crippen LogP contribution < -0.4 is 0 Å². The van der Waals surface area contributed by atoms with Gasteiger partial charge >= 0.3 is 0 Å². The monoisotopic (exact) mass is 424 g/mol. The lowest BCUT2D eigenvalue weighted by molar-refractivity contribution is -0.136. The number of rotatable bonds is 5. The van der Waals surface area contributed by atoms with Crippen molar-refractivity contribution in [2.24, 2.45) is 11.0 Å². The van der Waals surface area contributed by atoms with E-state index in [-0.39, 0.29) is 17.9 Å². The highest BCUT2D eigenvalue weighted by Crippen LogP contribution is 2.36. The van der Waals surface area contributed by atoms with E-state index >= 15 is 0 Å². The first-order valence-electron chi connectivity index (χ1n) is 10.8. The third kappa shape index (κ3) is 3.64. The van der Waals surface area contributed by atoms with E-state index in [0.29, 0.717) is 6.42 Å². The highest BCUT2D eigenvalue weighted by atomic mass is 16.3. The molecule has 0 fully saturated rings. The molecule has 0 radical (unpaired) electrons. The highest BCUT2D eigenvalue weighted by Gasteiger charge is 2.37. The van der Waals surface area contributed by atoms with Crippen molar-refractivity contribution in [3.05, 3.63) is 96.6 Å². The zero-order valence-electron chi connectivity index (χ0n) is 18.1. The molecule has 1 unspecified atom stereocenters. The van der Waals surface area contributed by atoms with Crippen LogP contribution in [0.15, 0.2) is 94.8 Å². The van der Waals surface area contributed by atoms with Crippen LogP contribution in [-0.2, 0) is 4.79 Å². The van der Waals surface area contributed by atoms with Gasteiger partial charge in [-0.15, -0.1) is 0 Å². The normalized spacial score (nSPS) is 15.9. The summed E-state index contributed by atoms with van der Waals surface area (Å²) in [6.07, 6.45) is 4.19. The Kier molecular flexibility index (Phi) is 5.19. The van der Waals surface area contributed by atoms with Gasteiger partial charge in [-0.2, -0.15) is 10.2 Å². The average Bonchev–Trinajstić information content (AvgIpc) is 3.58. The first kappa shape index (κ1) is 20.0. The summed E-state index contributed by atoms with van der Waals surface area (Å²) in [5, 5.41) is 11.3. The molecule has 0 bridgehead atoms. The van der Waals surface area contributed by atoms with E-state index in [1.807, 2.05) is 97.5 Å². The molecular weight excluding hydrogens is 400 g/mol. The summed E-state index contributed by atoms with van der Waals surface area (Å²) >= 11 is 0. The van der Waals surface area contributed by atoms with Gasteiger partial charge in [0.05, 0.1) is 17.7 Å². The van der Waals surface area contributed by atoms with Gasteiger partial charge in [-0.1, -0.05) is 62.4 Å². The standard InChI is InChI=1S/C26H24N4O2/c1-18(2)26(31)30-23(24-14-9-15-32-24)16-22(27-30)21-17-29(20-12-7-4-8-13-20)28-25(21)19-10-5-3-6-11-19/h3-15,17-18,23H,16H2,1-2H3. The molecule has 2 aromatic carbocycles. The molecule has 0 N–H and O–H groups in total. The van der Waals surface area contributed by atoms with Crippen molar-refractivity contribution in [3.8, 4) is 16.9 Å². The van der Waals surface area contributed by atoms with Crippen LogP contribution in [0.4, 0.5) is 0 Å². The Morgan fingerprint density at radius 2 is 1.72 bits per heavy atom. The van der Waals surface area contributed by atoms with Crippen molar-refractivity contribution >= 4 is 11.6 Å². The molecular formula is C26H24N4O2. The molecule has 4 aromatic rings. The number of hydrogen-bond donors (Lipinski definition) is 0. The maximum atomic E-state index is 13.0. The predicted molar refractivity (Wildman–Crippen MR) is 123 cm³/mol. The van der Waals surface area contributed by atoms with Gasteiger partial charge < -0.3 is 4.42 Å². The van der Waals surface area contributed by atoms with Crippen LogP contribution in [-0.4, -0.2) is 26.4 Å². The fourth-order valence-corrected chi connectivity index (χ4v) is 3.95. The second kappa shape index (κ2) is 8.30. The second-order valence-electron chi connectivity index (χ2n) is 8.16. The topological polar surface area (TPSA) is 63.6 Å². The quantitative estimate of drug-likeness (QED) is 0.427. The molecule has 0 saturated carbocycles. The molecule has 1 atom stereocenters. The minimum Gasteiger partial charge on any atom is -0.467 e. The Bertz CT molecular complexity index is 1240. The molecule has 0 spiro atoms. The number of aromatic nitrogens is 2. The highest BCUT2D eigenvalue weighted by molar-refractivity contribution is 6.07. The lowest BCUT2D eigenvalue weighted by Crippen LogP contribution is -2.30. The van der Waals surface area contributed by atoms with Crippen LogP contribution >= 0.6 is 0 Å². The Morgan fingerprint density at radius 1 is 1.00 bits per heavy atom. The minimum absolute atomic E-state index is 0.0295. The molecule has 5 rings (SSSR count). The van der Waals surface area contributed by atoms with E-state index in [4.69, 9.17) is 14.6 Å². The molecule has 6 nitrogen and oxygen atoms in total. The molecule has 1 aliphatic rings. The number of nitrogens with zero attached hydrogens (tertiary/aromatic N) is 4. The summed E-state index contributed by atoms with van der Waals surface area (Å²) in [6.45, 7) is 3.77. The summed E-state index contributed by atoms with van der Waals surface area (Å²) < 4.78 is 7.53. The zero-order chi connectivity index (χ0) is 22.1. The SMILES string of the molecule is CC(C)C(=O)N1N=C(c2cn(-c3ccccc3)nc2-c2ccccc2)CC1c1ccco1. The number of hydrazone groups is 1. The maximum Gasteiger partial charge on any atom is 0.245 e. The molecule has 0 aliphatic carbocycles. The third-order valence-electron chi connectivity index (χ3n) is 5.59. The summed E-state index contributed by atoms with van der Waals surface area (Å²) in [5.41, 5.74) is 4.54. The van der Waals surface area contributed by atoms with E-state index in [1.165, 1.54) is 0 Å². The largest absolute Gasteiger partial charge is 0.467 e. The van der Waals surface area contributed by atoms with Gasteiger partial charge in [-0.3, -0.25) is 4.79 Å². The van der Waals surface area contributed by atoms with Crippen LogP contribution in [0.25, 0.3) is 16.9 Å². The van der Waals surface area contributed by atoms with Crippen LogP contribution in [0.1, 0.15) is 37.6 Å². The van der Waals surface area contributed by atoms with E-state index in [9.17, 15) is 4.79 Å². The van der Waals surface area contributed by atoms with Gasteiger partial charge in [0.1, 0.15) is 17.5 Å². The van der Waals surface area contributed by atoms with Gasteiger partial charge in [0.2, 0.25) is 5.91 Å². The summed E-state index contributed by atoms with van der Waals surface area (Å²) in [4.78, 5) is 13.0. The van der Waals surface area contributed by atoms with E-state index in [0.717, 1.165) is 34.0 Å². The Labute approximate surface area is 186 Å². The number of carbonyl (C=O) groups excluding carboxylic acids is 1. The smallest absolute Gasteiger partial charge is 0.245 e. The second-order valence-corrected chi connectivity index (χ2v) is 8.16. The van der Waals surface area contributed by atoms with Gasteiger partial charge in [-0.05, 0) is 24.3 Å². The van der Waals surface area contributed by atoms with Crippen molar-refractivity contribution in [3.63, 3.8) is 0 Å². The first-order chi connectivity index (χ1) is 15.6. The maximum absolute atomic E-state index is 13.0. The lowest BCUT2D eigenvalue weighted by atomic mass is 9.99. The summed E-state index contributed by atoms with van der Waals surface area (Å²) in [5.74, 6) is 0.531. The minimum atomic E-state index is -0.265. The molecule has 0 saturated heterocycles. The van der Waals surface area contributed by atoms with Crippen molar-refractivity contribution in [1.82, 2.24) is 14.8 Å². The molecule has 2 aromatic heterocycles. The first-order valence-corrected chi connectivity index (χ1v) is 10.8. The van der Waals surface area contributed by atoms with Crippen molar-refractivity contribution in [2.45, 2.75) is 26.3 Å². The molecule has 3 heterocycles. The van der Waals surface area contributed by atoms with Crippen molar-refractivity contribution < 1.29 is 9.21 Å². The van der Waals surface area contributed by atoms with Crippen LogP contribution in [0, 0.1) is 5.92 Å². The molecule has 160 valence electrons. The van der Waals surface area contributed by atoms with Crippen molar-refractivity contribution in [2.75, 3.05) is 0 Å². The van der Waals surface area contributed by atoms with E-state index in [1.54, 1.807) is 11.3 Å². The van der Waals surface area contributed by atoms with Gasteiger partial charge in [0.15, 0.2) is 0 Å². The third-order valence-corrected chi connectivity index (χ3v) is 5.59. The molecule has 1 amide bonds. The number of benzene rings is 2. The molecule has 6 heteroatoms. The van der Waals surface area contributed by atoms with Crippen LogP contribution in [0.3, 0.4) is 0 Å². The van der Waals surface area contributed by atoms with Crippen LogP contribution in [0.2, 0.25) is 0 Å². The number of furan rings is 1. The molecule has 1 aliphatic heterocycles. The van der Waals surface area contributed by atoms with Gasteiger partial charge in [0.25, 0.3) is 0 Å². The predicted octanol–water partition coefficient (Wildman–Crippen LogP) is 5.47. The lowest BCUT2D eigenvalue weighted by Gasteiger charge is -2.21. The summed E-state index contributed by atoms with van der Waals surface area (Å²) in [6, 6.07) is 23.5. The average molecular weight is 425 g/mol. The van der Waals surface area contributed by atoms with Crippen molar-refractivity contribution in [1.29, 1.82) is 0 Å². The van der Waals surface area contributed by atoms with Gasteiger partial charge in [0, 0.05) is 29.7 Å². The fraction of sp³-hybridized carbons (Fsp3) is 0.192. The Morgan fingerprint density at radius 3 is 2.38 bits per heavy atom. The number of amides is 1. The van der Waals surface area contributed by atoms with Crippen LogP contribution in [0.5, 0.6) is 0 Å². The zero-order valence-corrected chi connectivity index (χ0v) is 18.1. The number of hydrogen-bond acceptors (Lipinski definition) is 4. The van der Waals surface area contributed by atoms with Gasteiger partial charge in [-0.25, -0.2) is 9.69 Å². The summed E-state index contributed by atoms with van der Waals surface area (Å²) in [7, 11) is 0. The molecule has 32 heavy (non-hydrogen) atoms. The Hall–Kier alpha value is -3.93.